The SMILES string of the molecule is C=C1N=C(N)C=CN1[C@@H]1O[C@H](COP(=O)(O)OCC(Cl)COC(=O)CC)[C@H](O)C1(F)F. The third-order valence-corrected chi connectivity index (χ3v) is 5.33. The van der Waals surface area contributed by atoms with E-state index >= 15 is 0 Å². The Bertz CT molecular complexity index is 799. The molecule has 1 fully saturated rings. The molecule has 0 radical (unpaired) electrons. The van der Waals surface area contributed by atoms with Gasteiger partial charge in [-0.1, -0.05) is 13.5 Å². The first kappa shape index (κ1) is 25.7. The smallest absolute Gasteiger partial charge is 0.464 e. The second kappa shape index (κ2) is 10.3. The summed E-state index contributed by atoms with van der Waals surface area (Å²) in [6.07, 6.45) is -3.52. The van der Waals surface area contributed by atoms with Crippen molar-refractivity contribution in [3.8, 4) is 0 Å². The highest BCUT2D eigenvalue weighted by molar-refractivity contribution is 7.47. The minimum Gasteiger partial charge on any atom is -0.464 e. The zero-order valence-corrected chi connectivity index (χ0v) is 18.0. The fourth-order valence-electron chi connectivity index (χ4n) is 2.52. The summed E-state index contributed by atoms with van der Waals surface area (Å²) in [6, 6.07) is 0. The monoisotopic (exact) mass is 489 g/mol. The number of phosphoric ester groups is 1. The summed E-state index contributed by atoms with van der Waals surface area (Å²) in [5.74, 6) is -4.42. The van der Waals surface area contributed by atoms with Gasteiger partial charge in [-0.3, -0.25) is 13.8 Å². The molecule has 2 rings (SSSR count). The number of carbonyl (C=O) groups is 1. The molecule has 5 atom stereocenters. The average molecular weight is 490 g/mol. The van der Waals surface area contributed by atoms with E-state index in [0.29, 0.717) is 0 Å². The fourth-order valence-corrected chi connectivity index (χ4v) is 3.51. The molecular weight excluding hydrogens is 467 g/mol. The summed E-state index contributed by atoms with van der Waals surface area (Å²) in [5.41, 5.74) is 5.47. The van der Waals surface area contributed by atoms with Crippen LogP contribution in [0.4, 0.5) is 8.78 Å². The van der Waals surface area contributed by atoms with E-state index in [1.165, 1.54) is 6.08 Å². The Kier molecular flexibility index (Phi) is 8.56. The maximum Gasteiger partial charge on any atom is 0.472 e. The molecule has 2 aliphatic rings. The normalized spacial score (nSPS) is 28.2. The van der Waals surface area contributed by atoms with E-state index in [4.69, 9.17) is 26.8 Å². The quantitative estimate of drug-likeness (QED) is 0.230. The van der Waals surface area contributed by atoms with Crippen molar-refractivity contribution in [3.05, 3.63) is 24.7 Å². The first-order valence-corrected chi connectivity index (χ1v) is 10.9. The van der Waals surface area contributed by atoms with Gasteiger partial charge >= 0.3 is 19.7 Å². The van der Waals surface area contributed by atoms with Gasteiger partial charge in [-0.25, -0.2) is 9.56 Å². The van der Waals surface area contributed by atoms with Crippen LogP contribution in [-0.2, 0) is 27.9 Å². The number of nitrogens with two attached hydrogens (primary N) is 1. The third-order valence-electron chi connectivity index (χ3n) is 4.13. The summed E-state index contributed by atoms with van der Waals surface area (Å²) in [4.78, 5) is 25.4. The lowest BCUT2D eigenvalue weighted by atomic mass is 10.1. The lowest BCUT2D eigenvalue weighted by Gasteiger charge is -2.31. The summed E-state index contributed by atoms with van der Waals surface area (Å²) in [5, 5.41) is 8.99. The maximum atomic E-state index is 14.5. The van der Waals surface area contributed by atoms with E-state index in [0.717, 1.165) is 11.1 Å². The van der Waals surface area contributed by atoms with Gasteiger partial charge in [-0.2, -0.15) is 8.78 Å². The van der Waals surface area contributed by atoms with E-state index in [2.05, 4.69) is 20.6 Å². The molecule has 1 saturated heterocycles. The number of halogens is 3. The van der Waals surface area contributed by atoms with Crippen molar-refractivity contribution in [3.63, 3.8) is 0 Å². The molecule has 0 spiro atoms. The van der Waals surface area contributed by atoms with Crippen molar-refractivity contribution < 1.29 is 46.7 Å². The number of aliphatic hydroxyl groups excluding tert-OH is 1. The number of aliphatic imine (C=N–C) groups is 1. The lowest BCUT2D eigenvalue weighted by molar-refractivity contribution is -0.148. The molecule has 176 valence electrons. The highest BCUT2D eigenvalue weighted by Gasteiger charge is 2.61. The Morgan fingerprint density at radius 3 is 2.81 bits per heavy atom. The molecule has 2 unspecified atom stereocenters. The van der Waals surface area contributed by atoms with Crippen LogP contribution in [0.2, 0.25) is 0 Å². The molecular formula is C16H23ClF2N3O8P. The van der Waals surface area contributed by atoms with Crippen molar-refractivity contribution in [1.29, 1.82) is 0 Å². The van der Waals surface area contributed by atoms with Crippen LogP contribution in [0.3, 0.4) is 0 Å². The number of amidine groups is 1. The van der Waals surface area contributed by atoms with E-state index in [-0.39, 0.29) is 24.7 Å². The molecule has 0 bridgehead atoms. The van der Waals surface area contributed by atoms with Gasteiger partial charge in [-0.05, 0) is 6.08 Å². The Labute approximate surface area is 181 Å². The first-order valence-electron chi connectivity index (χ1n) is 9.00. The minimum atomic E-state index is -4.74. The lowest BCUT2D eigenvalue weighted by Crippen LogP contribution is -2.47. The van der Waals surface area contributed by atoms with Crippen molar-refractivity contribution in [1.82, 2.24) is 4.90 Å². The molecule has 0 saturated carbocycles. The van der Waals surface area contributed by atoms with Crippen LogP contribution in [0.25, 0.3) is 0 Å². The molecule has 11 nitrogen and oxygen atoms in total. The Balaban J connectivity index is 1.89. The molecule has 4 N–H and O–H groups in total. The molecule has 0 aliphatic carbocycles. The molecule has 15 heteroatoms. The van der Waals surface area contributed by atoms with Crippen LogP contribution in [0.15, 0.2) is 29.7 Å². The minimum absolute atomic E-state index is 0.0448. The van der Waals surface area contributed by atoms with E-state index in [9.17, 15) is 28.1 Å². The summed E-state index contributed by atoms with van der Waals surface area (Å²) >= 11 is 5.81. The van der Waals surface area contributed by atoms with Gasteiger partial charge in [0.05, 0.1) is 18.6 Å². The van der Waals surface area contributed by atoms with Crippen molar-refractivity contribution in [2.45, 2.75) is 43.1 Å². The number of nitrogens with zero attached hydrogens (tertiary/aromatic N) is 2. The van der Waals surface area contributed by atoms with Crippen molar-refractivity contribution >= 4 is 31.2 Å². The number of phosphoric acid groups is 1. The summed E-state index contributed by atoms with van der Waals surface area (Å²) in [6.45, 7) is 3.37. The highest BCUT2D eigenvalue weighted by atomic mass is 35.5. The zero-order chi connectivity index (χ0) is 23.4. The largest absolute Gasteiger partial charge is 0.472 e. The standard InChI is InChI=1S/C16H23ClF2N3O8P/c1-3-13(23)27-6-10(17)7-28-31(25,26)29-8-11-14(24)16(18,19)15(30-11)22-5-4-12(20)21-9(22)2/h4-5,10-11,14-15,24H,2-3,6-8H2,1H3,(H2,20,21)(H,25,26)/t10?,11-,14+,15-/m1/s1. The molecule has 2 heterocycles. The first-order chi connectivity index (χ1) is 14.4. The third kappa shape index (κ3) is 6.69. The number of ether oxygens (including phenoxy) is 2. The number of alkyl halides is 3. The number of rotatable bonds is 10. The van der Waals surface area contributed by atoms with Crippen LogP contribution < -0.4 is 5.73 Å². The van der Waals surface area contributed by atoms with Crippen LogP contribution in [0.5, 0.6) is 0 Å². The van der Waals surface area contributed by atoms with Gasteiger partial charge < -0.3 is 30.1 Å². The maximum absolute atomic E-state index is 14.5. The average Bonchev–Trinajstić information content (AvgIpc) is 2.92. The molecule has 0 amide bonds. The van der Waals surface area contributed by atoms with E-state index < -0.39 is 56.7 Å². The Morgan fingerprint density at radius 1 is 1.52 bits per heavy atom. The predicted molar refractivity (Wildman–Crippen MR) is 104 cm³/mol. The topological polar surface area (TPSA) is 153 Å². The number of hydrogen-bond donors (Lipinski definition) is 3. The zero-order valence-electron chi connectivity index (χ0n) is 16.4. The van der Waals surface area contributed by atoms with Crippen LogP contribution in [0.1, 0.15) is 13.3 Å². The molecule has 0 aromatic rings. The molecule has 2 aliphatic heterocycles. The number of esters is 1. The summed E-state index contributed by atoms with van der Waals surface area (Å²) in [7, 11) is -4.74. The highest BCUT2D eigenvalue weighted by Crippen LogP contribution is 2.46. The number of aliphatic hydroxyl groups is 1. The van der Waals surface area contributed by atoms with Gasteiger partial charge in [0.25, 0.3) is 0 Å². The summed E-state index contributed by atoms with van der Waals surface area (Å²) < 4.78 is 60.2. The van der Waals surface area contributed by atoms with Gasteiger partial charge in [0.1, 0.15) is 24.4 Å². The predicted octanol–water partition coefficient (Wildman–Crippen LogP) is 1.06. The van der Waals surface area contributed by atoms with Gasteiger partial charge in [0, 0.05) is 12.6 Å². The van der Waals surface area contributed by atoms with E-state index in [1.807, 2.05) is 0 Å². The Morgan fingerprint density at radius 2 is 2.19 bits per heavy atom. The van der Waals surface area contributed by atoms with Crippen LogP contribution >= 0.6 is 19.4 Å². The number of hydrogen-bond acceptors (Lipinski definition) is 10. The molecule has 0 aromatic heterocycles. The molecule has 0 aromatic carbocycles. The van der Waals surface area contributed by atoms with Gasteiger partial charge in [-0.15, -0.1) is 11.6 Å². The number of carbonyl (C=O) groups excluding carboxylic acids is 1. The second-order valence-electron chi connectivity index (χ2n) is 6.52. The fraction of sp³-hybridized carbons (Fsp3) is 0.625. The van der Waals surface area contributed by atoms with Gasteiger partial charge in [0.2, 0.25) is 6.23 Å². The van der Waals surface area contributed by atoms with Gasteiger partial charge in [0.15, 0.2) is 6.10 Å². The van der Waals surface area contributed by atoms with Crippen LogP contribution in [0, 0.1) is 0 Å². The Hall–Kier alpha value is -1.60. The van der Waals surface area contributed by atoms with Crippen LogP contribution in [-0.4, -0.2) is 76.3 Å². The van der Waals surface area contributed by atoms with E-state index in [1.54, 1.807) is 6.92 Å². The molecule has 31 heavy (non-hydrogen) atoms. The second-order valence-corrected chi connectivity index (χ2v) is 8.59. The van der Waals surface area contributed by atoms with Crippen molar-refractivity contribution in [2.24, 2.45) is 10.7 Å². The van der Waals surface area contributed by atoms with Crippen molar-refractivity contribution in [2.75, 3.05) is 19.8 Å².